The van der Waals surface area contributed by atoms with Gasteiger partial charge in [0.05, 0.1) is 11.3 Å². The fraction of sp³-hybridized carbons (Fsp3) is 0.214. The molecule has 0 atom stereocenters. The number of nitrogens with two attached hydrogens (primary N) is 1. The van der Waals surface area contributed by atoms with Crippen molar-refractivity contribution in [3.8, 4) is 0 Å². The largest absolute Gasteiger partial charge is 0.415 e. The molecule has 0 amide bonds. The summed E-state index contributed by atoms with van der Waals surface area (Å²) in [5.74, 6) is 0. The van der Waals surface area contributed by atoms with Crippen LogP contribution >= 0.6 is 0 Å². The van der Waals surface area contributed by atoms with Crippen molar-refractivity contribution < 1.29 is 18.0 Å². The van der Waals surface area contributed by atoms with E-state index in [1.54, 1.807) is 24.3 Å². The Hall–Kier alpha value is -2.08. The number of benzene rings is 1. The fourth-order valence-electron chi connectivity index (χ4n) is 1.51. The van der Waals surface area contributed by atoms with Crippen molar-refractivity contribution in [1.29, 1.82) is 0 Å². The standard InChI is InChI=1S/C14H15F3N2O/c1-10(14(15,16)17)6-13(9-20)19(2)12-5-3-4-11(7-12)8-18/h3-7,9H,1,8,18H2,2H3/b13-6-. The van der Waals surface area contributed by atoms with Gasteiger partial charge in [0.25, 0.3) is 0 Å². The van der Waals surface area contributed by atoms with E-state index in [0.717, 1.165) is 5.56 Å². The molecule has 0 aliphatic carbocycles. The number of nitrogens with zero attached hydrogens (tertiary/aromatic N) is 1. The lowest BCUT2D eigenvalue weighted by Gasteiger charge is -2.20. The topological polar surface area (TPSA) is 46.3 Å². The van der Waals surface area contributed by atoms with Gasteiger partial charge in [-0.05, 0) is 23.8 Å². The van der Waals surface area contributed by atoms with Crippen LogP contribution in [-0.4, -0.2) is 19.5 Å². The molecule has 0 radical (unpaired) electrons. The summed E-state index contributed by atoms with van der Waals surface area (Å²) in [6.07, 6.45) is -3.50. The van der Waals surface area contributed by atoms with Crippen molar-refractivity contribution in [3.05, 3.63) is 53.8 Å². The highest BCUT2D eigenvalue weighted by Gasteiger charge is 2.30. The van der Waals surface area contributed by atoms with E-state index in [4.69, 9.17) is 5.73 Å². The number of allylic oxidation sites excluding steroid dienone is 3. The average Bonchev–Trinajstić information content (AvgIpc) is 2.42. The molecule has 0 saturated carbocycles. The lowest BCUT2D eigenvalue weighted by Crippen LogP contribution is -2.19. The quantitative estimate of drug-likeness (QED) is 0.514. The van der Waals surface area contributed by atoms with Gasteiger partial charge in [-0.25, -0.2) is 0 Å². The maximum atomic E-state index is 12.4. The molecule has 0 unspecified atom stereocenters. The summed E-state index contributed by atoms with van der Waals surface area (Å²) in [6, 6.07) is 6.88. The second kappa shape index (κ2) is 6.38. The number of alkyl halides is 3. The predicted molar refractivity (Wildman–Crippen MR) is 72.1 cm³/mol. The SMILES string of the molecule is C=C(/C=C(/C=O)N(C)c1cccc(CN)c1)C(F)(F)F. The Morgan fingerprint density at radius 1 is 1.45 bits per heavy atom. The minimum atomic E-state index is -4.56. The smallest absolute Gasteiger partial charge is 0.342 e. The Morgan fingerprint density at radius 3 is 2.60 bits per heavy atom. The number of carbonyl (C=O) groups is 1. The molecule has 2 N–H and O–H groups in total. The molecule has 0 heterocycles. The van der Waals surface area contributed by atoms with Gasteiger partial charge >= 0.3 is 6.18 Å². The Balaban J connectivity index is 3.08. The minimum Gasteiger partial charge on any atom is -0.342 e. The van der Waals surface area contributed by atoms with Gasteiger partial charge in [-0.1, -0.05) is 18.7 Å². The van der Waals surface area contributed by atoms with Gasteiger partial charge in [0.15, 0.2) is 6.29 Å². The van der Waals surface area contributed by atoms with Crippen molar-refractivity contribution in [1.82, 2.24) is 0 Å². The fourth-order valence-corrected chi connectivity index (χ4v) is 1.51. The van der Waals surface area contributed by atoms with E-state index in [2.05, 4.69) is 6.58 Å². The number of carbonyl (C=O) groups excluding carboxylic acids is 1. The van der Waals surface area contributed by atoms with E-state index in [-0.39, 0.29) is 5.70 Å². The monoisotopic (exact) mass is 284 g/mol. The minimum absolute atomic E-state index is 0.138. The third-order valence-corrected chi connectivity index (χ3v) is 2.73. The molecule has 20 heavy (non-hydrogen) atoms. The first-order chi connectivity index (χ1) is 9.29. The Kier molecular flexibility index (Phi) is 5.10. The van der Waals surface area contributed by atoms with Crippen molar-refractivity contribution in [2.75, 3.05) is 11.9 Å². The molecule has 0 aliphatic heterocycles. The number of rotatable bonds is 5. The number of halogens is 3. The van der Waals surface area contributed by atoms with Gasteiger partial charge in [0.1, 0.15) is 0 Å². The van der Waals surface area contributed by atoms with Crippen LogP contribution in [0, 0.1) is 0 Å². The number of anilines is 1. The summed E-state index contributed by atoms with van der Waals surface area (Å²) in [7, 11) is 1.50. The van der Waals surface area contributed by atoms with Gasteiger partial charge in [-0.15, -0.1) is 0 Å². The van der Waals surface area contributed by atoms with Crippen molar-refractivity contribution >= 4 is 12.0 Å². The molecule has 1 aromatic carbocycles. The van der Waals surface area contributed by atoms with Gasteiger partial charge in [0, 0.05) is 19.3 Å². The van der Waals surface area contributed by atoms with E-state index >= 15 is 0 Å². The van der Waals surface area contributed by atoms with Gasteiger partial charge < -0.3 is 10.6 Å². The zero-order valence-corrected chi connectivity index (χ0v) is 10.9. The zero-order chi connectivity index (χ0) is 15.3. The second-order valence-corrected chi connectivity index (χ2v) is 4.14. The number of aldehydes is 1. The summed E-state index contributed by atoms with van der Waals surface area (Å²) >= 11 is 0. The molecule has 0 fully saturated rings. The molecule has 0 aromatic heterocycles. The van der Waals surface area contributed by atoms with E-state index in [9.17, 15) is 18.0 Å². The van der Waals surface area contributed by atoms with Crippen molar-refractivity contribution in [3.63, 3.8) is 0 Å². The Morgan fingerprint density at radius 2 is 2.10 bits per heavy atom. The highest BCUT2D eigenvalue weighted by molar-refractivity contribution is 5.81. The molecule has 3 nitrogen and oxygen atoms in total. The Labute approximate surface area is 115 Å². The van der Waals surface area contributed by atoms with E-state index in [0.29, 0.717) is 24.6 Å². The number of likely N-dealkylation sites (N-methyl/N-ethyl adjacent to an activating group) is 1. The van der Waals surface area contributed by atoms with Crippen LogP contribution in [0.5, 0.6) is 0 Å². The van der Waals surface area contributed by atoms with E-state index in [1.807, 2.05) is 0 Å². The Bertz CT molecular complexity index is 535. The molecular formula is C14H15F3N2O. The first-order valence-corrected chi connectivity index (χ1v) is 5.75. The van der Waals surface area contributed by atoms with Gasteiger partial charge in [0.2, 0.25) is 0 Å². The molecule has 6 heteroatoms. The van der Waals surface area contributed by atoms with Crippen molar-refractivity contribution in [2.24, 2.45) is 5.73 Å². The summed E-state index contributed by atoms with van der Waals surface area (Å²) in [4.78, 5) is 12.3. The molecule has 108 valence electrons. The van der Waals surface area contributed by atoms with E-state index < -0.39 is 11.7 Å². The molecule has 0 bridgehead atoms. The number of hydrogen-bond acceptors (Lipinski definition) is 3. The lowest BCUT2D eigenvalue weighted by molar-refractivity contribution is -0.105. The summed E-state index contributed by atoms with van der Waals surface area (Å²) < 4.78 is 37.3. The molecule has 0 saturated heterocycles. The molecular weight excluding hydrogens is 269 g/mol. The van der Waals surface area contributed by atoms with Gasteiger partial charge in [-0.3, -0.25) is 4.79 Å². The first-order valence-electron chi connectivity index (χ1n) is 5.75. The van der Waals surface area contributed by atoms with Crippen LogP contribution in [0.1, 0.15) is 5.56 Å². The maximum absolute atomic E-state index is 12.4. The van der Waals surface area contributed by atoms with Crippen LogP contribution in [0.2, 0.25) is 0 Å². The van der Waals surface area contributed by atoms with Crippen LogP contribution in [0.25, 0.3) is 0 Å². The summed E-state index contributed by atoms with van der Waals surface area (Å²) in [5, 5.41) is 0. The summed E-state index contributed by atoms with van der Waals surface area (Å²) in [6.45, 7) is 3.22. The van der Waals surface area contributed by atoms with Gasteiger partial charge in [-0.2, -0.15) is 13.2 Å². The highest BCUT2D eigenvalue weighted by Crippen LogP contribution is 2.27. The van der Waals surface area contributed by atoms with Crippen LogP contribution < -0.4 is 10.6 Å². The van der Waals surface area contributed by atoms with Crippen LogP contribution in [0.15, 0.2) is 48.2 Å². The van der Waals surface area contributed by atoms with Crippen LogP contribution in [0.3, 0.4) is 0 Å². The normalized spacial score (nSPS) is 12.2. The zero-order valence-electron chi connectivity index (χ0n) is 10.9. The lowest BCUT2D eigenvalue weighted by atomic mass is 10.1. The molecule has 0 spiro atoms. The third-order valence-electron chi connectivity index (χ3n) is 2.73. The van der Waals surface area contributed by atoms with E-state index in [1.165, 1.54) is 11.9 Å². The second-order valence-electron chi connectivity index (χ2n) is 4.14. The first kappa shape index (κ1) is 16.0. The summed E-state index contributed by atoms with van der Waals surface area (Å²) in [5.41, 5.74) is 5.66. The maximum Gasteiger partial charge on any atom is 0.415 e. The number of hydrogen-bond donors (Lipinski definition) is 1. The van der Waals surface area contributed by atoms with Crippen LogP contribution in [-0.2, 0) is 11.3 Å². The average molecular weight is 284 g/mol. The molecule has 0 aliphatic rings. The highest BCUT2D eigenvalue weighted by atomic mass is 19.4. The van der Waals surface area contributed by atoms with Crippen molar-refractivity contribution in [2.45, 2.75) is 12.7 Å². The molecule has 1 aromatic rings. The third kappa shape index (κ3) is 3.96. The predicted octanol–water partition coefficient (Wildman–Crippen LogP) is 2.78. The van der Waals surface area contributed by atoms with Crippen LogP contribution in [0.4, 0.5) is 18.9 Å². The molecule has 1 rings (SSSR count).